The molecule has 1 aliphatic carbocycles. The highest BCUT2D eigenvalue weighted by Gasteiger charge is 2.53. The number of nitrogens with zero attached hydrogens (tertiary/aromatic N) is 5. The summed E-state index contributed by atoms with van der Waals surface area (Å²) in [4.78, 5) is 15.3. The maximum Gasteiger partial charge on any atom is 0.289 e. The van der Waals surface area contributed by atoms with E-state index in [0.29, 0.717) is 18.7 Å². The Labute approximate surface area is 181 Å². The van der Waals surface area contributed by atoms with E-state index in [1.165, 1.54) is 6.42 Å². The van der Waals surface area contributed by atoms with Gasteiger partial charge in [0, 0.05) is 37.5 Å². The smallest absolute Gasteiger partial charge is 0.289 e. The van der Waals surface area contributed by atoms with Gasteiger partial charge < -0.3 is 18.4 Å². The summed E-state index contributed by atoms with van der Waals surface area (Å²) in [5.74, 6) is 3.14. The fourth-order valence-corrected chi connectivity index (χ4v) is 5.24. The third kappa shape index (κ3) is 3.38. The number of amides is 1. The zero-order valence-corrected chi connectivity index (χ0v) is 18.4. The van der Waals surface area contributed by atoms with Gasteiger partial charge in [-0.05, 0) is 50.7 Å². The van der Waals surface area contributed by atoms with Crippen LogP contribution in [0.5, 0.6) is 0 Å². The second-order valence-corrected chi connectivity index (χ2v) is 9.08. The van der Waals surface area contributed by atoms with E-state index in [1.807, 2.05) is 31.1 Å². The Morgan fingerprint density at radius 1 is 1.29 bits per heavy atom. The molecular weight excluding hydrogens is 394 g/mol. The van der Waals surface area contributed by atoms with Crippen LogP contribution in [-0.4, -0.2) is 43.8 Å². The third-order valence-electron chi connectivity index (χ3n) is 7.11. The highest BCUT2D eigenvalue weighted by atomic mass is 16.5. The van der Waals surface area contributed by atoms with E-state index in [9.17, 15) is 4.79 Å². The summed E-state index contributed by atoms with van der Waals surface area (Å²) in [5.41, 5.74) is 1.99. The summed E-state index contributed by atoms with van der Waals surface area (Å²) in [6.45, 7) is 8.30. The van der Waals surface area contributed by atoms with E-state index in [1.54, 1.807) is 6.07 Å². The number of carbonyl (C=O) groups excluding carboxylic acids is 1. The molecular formula is C23H29N5O3. The van der Waals surface area contributed by atoms with Crippen LogP contribution < -0.4 is 0 Å². The summed E-state index contributed by atoms with van der Waals surface area (Å²) in [6, 6.07) is 3.67. The predicted molar refractivity (Wildman–Crippen MR) is 113 cm³/mol. The Balaban J connectivity index is 1.35. The zero-order chi connectivity index (χ0) is 21.6. The first-order chi connectivity index (χ1) is 15.0. The first kappa shape index (κ1) is 20.0. The second-order valence-electron chi connectivity index (χ2n) is 9.08. The maximum atomic E-state index is 13.3. The molecule has 1 aliphatic heterocycles. The lowest BCUT2D eigenvalue weighted by molar-refractivity contribution is 0.0692. The van der Waals surface area contributed by atoms with Gasteiger partial charge in [-0.25, -0.2) is 0 Å². The largest absolute Gasteiger partial charge is 0.456 e. The van der Waals surface area contributed by atoms with E-state index in [0.717, 1.165) is 61.0 Å². The highest BCUT2D eigenvalue weighted by molar-refractivity contribution is 5.92. The van der Waals surface area contributed by atoms with Crippen molar-refractivity contribution < 1.29 is 13.7 Å². The first-order valence-electron chi connectivity index (χ1n) is 11.2. The molecule has 8 nitrogen and oxygen atoms in total. The number of aromatic nitrogens is 4. The van der Waals surface area contributed by atoms with Crippen LogP contribution in [0, 0.1) is 19.3 Å². The van der Waals surface area contributed by atoms with Crippen molar-refractivity contribution in [1.82, 2.24) is 24.8 Å². The predicted octanol–water partition coefficient (Wildman–Crippen LogP) is 3.89. The lowest BCUT2D eigenvalue weighted by atomic mass is 9.62. The lowest BCUT2D eigenvalue weighted by Crippen LogP contribution is -2.38. The average Bonchev–Trinajstić information content (AvgIpc) is 3.50. The van der Waals surface area contributed by atoms with Gasteiger partial charge in [0.1, 0.15) is 23.7 Å². The molecule has 1 saturated heterocycles. The molecule has 0 N–H and O–H groups in total. The van der Waals surface area contributed by atoms with Crippen molar-refractivity contribution in [3.05, 3.63) is 52.8 Å². The van der Waals surface area contributed by atoms with Crippen LogP contribution in [0.15, 0.2) is 27.4 Å². The molecule has 31 heavy (non-hydrogen) atoms. The molecule has 3 aromatic rings. The van der Waals surface area contributed by atoms with E-state index in [-0.39, 0.29) is 17.2 Å². The Hall–Kier alpha value is -2.90. The zero-order valence-electron chi connectivity index (χ0n) is 18.4. The van der Waals surface area contributed by atoms with Gasteiger partial charge in [-0.1, -0.05) is 18.5 Å². The minimum atomic E-state index is -0.0413. The average molecular weight is 424 g/mol. The highest BCUT2D eigenvalue weighted by Crippen LogP contribution is 2.55. The van der Waals surface area contributed by atoms with Gasteiger partial charge in [0.25, 0.3) is 5.91 Å². The van der Waals surface area contributed by atoms with E-state index in [2.05, 4.69) is 26.8 Å². The van der Waals surface area contributed by atoms with Crippen molar-refractivity contribution in [1.29, 1.82) is 0 Å². The van der Waals surface area contributed by atoms with Crippen LogP contribution in [0.25, 0.3) is 0 Å². The van der Waals surface area contributed by atoms with Crippen LogP contribution in [0.2, 0.25) is 0 Å². The topological polar surface area (TPSA) is 90.2 Å². The second kappa shape index (κ2) is 7.66. The van der Waals surface area contributed by atoms with Crippen LogP contribution >= 0.6 is 0 Å². The van der Waals surface area contributed by atoms with Crippen molar-refractivity contribution in [3.63, 3.8) is 0 Å². The summed E-state index contributed by atoms with van der Waals surface area (Å²) in [7, 11) is 0. The molecule has 1 atom stereocenters. The van der Waals surface area contributed by atoms with Crippen LogP contribution in [0.1, 0.15) is 77.7 Å². The van der Waals surface area contributed by atoms with Gasteiger partial charge in [0.2, 0.25) is 0 Å². The normalized spacial score (nSPS) is 19.8. The maximum absolute atomic E-state index is 13.3. The number of aryl methyl sites for hydroxylation is 3. The number of furan rings is 1. The molecule has 1 unspecified atom stereocenters. The number of carbonyl (C=O) groups is 1. The molecule has 2 aliphatic rings. The number of hydrogen-bond acceptors (Lipinski definition) is 6. The van der Waals surface area contributed by atoms with Crippen molar-refractivity contribution in [2.45, 2.75) is 65.3 Å². The quantitative estimate of drug-likeness (QED) is 0.597. The molecule has 5 rings (SSSR count). The molecule has 0 bridgehead atoms. The van der Waals surface area contributed by atoms with E-state index in [4.69, 9.17) is 8.94 Å². The fraction of sp³-hybridized carbons (Fsp3) is 0.565. The van der Waals surface area contributed by atoms with E-state index < -0.39 is 0 Å². The molecule has 1 saturated carbocycles. The Kier molecular flexibility index (Phi) is 4.95. The Morgan fingerprint density at radius 2 is 2.13 bits per heavy atom. The van der Waals surface area contributed by atoms with Gasteiger partial charge in [-0.15, -0.1) is 10.2 Å². The van der Waals surface area contributed by atoms with Crippen molar-refractivity contribution in [3.8, 4) is 0 Å². The molecule has 2 fully saturated rings. The number of rotatable bonds is 6. The van der Waals surface area contributed by atoms with Gasteiger partial charge >= 0.3 is 0 Å². The summed E-state index contributed by atoms with van der Waals surface area (Å²) < 4.78 is 13.4. The van der Waals surface area contributed by atoms with Gasteiger partial charge in [0.05, 0.1) is 5.69 Å². The molecule has 164 valence electrons. The van der Waals surface area contributed by atoms with Gasteiger partial charge in [0.15, 0.2) is 5.76 Å². The Bertz CT molecular complexity index is 1070. The van der Waals surface area contributed by atoms with Crippen molar-refractivity contribution in [2.75, 3.05) is 13.1 Å². The molecule has 0 aromatic carbocycles. The van der Waals surface area contributed by atoms with Crippen LogP contribution in [-0.2, 0) is 13.0 Å². The molecule has 0 radical (unpaired) electrons. The monoisotopic (exact) mass is 423 g/mol. The first-order valence-corrected chi connectivity index (χ1v) is 11.2. The van der Waals surface area contributed by atoms with Crippen LogP contribution in [0.4, 0.5) is 0 Å². The minimum absolute atomic E-state index is 0.0413. The SMILES string of the molecule is CCCn1cnnc1C1CN(C(=O)c2ccc(Cc3c(C)noc3C)o2)CC12CCC2. The van der Waals surface area contributed by atoms with Crippen molar-refractivity contribution in [2.24, 2.45) is 5.41 Å². The van der Waals surface area contributed by atoms with Crippen molar-refractivity contribution >= 4 is 5.91 Å². The third-order valence-corrected chi connectivity index (χ3v) is 7.11. The lowest BCUT2D eigenvalue weighted by Gasteiger charge is -2.42. The fourth-order valence-electron chi connectivity index (χ4n) is 5.24. The molecule has 1 amide bonds. The minimum Gasteiger partial charge on any atom is -0.456 e. The van der Waals surface area contributed by atoms with Crippen LogP contribution in [0.3, 0.4) is 0 Å². The molecule has 8 heteroatoms. The summed E-state index contributed by atoms with van der Waals surface area (Å²) in [6.07, 6.45) is 6.91. The van der Waals surface area contributed by atoms with Gasteiger partial charge in [-0.3, -0.25) is 4.79 Å². The standard InChI is InChI=1S/C23H29N5O3/c1-4-10-27-14-24-25-21(27)19-12-28(13-23(19)8-5-9-23)22(29)20-7-6-17(30-20)11-18-15(2)26-31-16(18)3/h6-7,14,19H,4-5,8-13H2,1-3H3. The number of hydrogen-bond donors (Lipinski definition) is 0. The Morgan fingerprint density at radius 3 is 2.81 bits per heavy atom. The van der Waals surface area contributed by atoms with E-state index >= 15 is 0 Å². The molecule has 1 spiro atoms. The molecule has 3 aromatic heterocycles. The summed E-state index contributed by atoms with van der Waals surface area (Å²) in [5, 5.41) is 12.6. The summed E-state index contributed by atoms with van der Waals surface area (Å²) >= 11 is 0. The van der Waals surface area contributed by atoms with Gasteiger partial charge in [-0.2, -0.15) is 0 Å². The molecule has 4 heterocycles. The number of likely N-dealkylation sites (tertiary alicyclic amines) is 1.